The molecule has 0 saturated heterocycles. The molecule has 1 aromatic carbocycles. The van der Waals surface area contributed by atoms with E-state index >= 15 is 0 Å². The van der Waals surface area contributed by atoms with Gasteiger partial charge in [0.2, 0.25) is 0 Å². The predicted molar refractivity (Wildman–Crippen MR) is 69.9 cm³/mol. The summed E-state index contributed by atoms with van der Waals surface area (Å²) in [6.45, 7) is 2.43. The van der Waals surface area contributed by atoms with Gasteiger partial charge in [0.1, 0.15) is 0 Å². The van der Waals surface area contributed by atoms with Crippen molar-refractivity contribution in [1.29, 1.82) is 0 Å². The monoisotopic (exact) mass is 315 g/mol. The lowest BCUT2D eigenvalue weighted by atomic mass is 10.2. The summed E-state index contributed by atoms with van der Waals surface area (Å²) in [5.74, 6) is 1.15. The van der Waals surface area contributed by atoms with Gasteiger partial charge in [-0.3, -0.25) is 0 Å². The summed E-state index contributed by atoms with van der Waals surface area (Å²) in [6, 6.07) is 5.48. The highest BCUT2D eigenvalue weighted by atomic mass is 79.9. The van der Waals surface area contributed by atoms with Gasteiger partial charge in [-0.1, -0.05) is 23.7 Å². The maximum absolute atomic E-state index is 6.00. The third-order valence-electron chi connectivity index (χ3n) is 2.40. The van der Waals surface area contributed by atoms with E-state index < -0.39 is 0 Å². The molecule has 2 N–H and O–H groups in total. The zero-order valence-electron chi connectivity index (χ0n) is 9.15. The first kappa shape index (κ1) is 12.5. The van der Waals surface area contributed by atoms with E-state index in [9.17, 15) is 0 Å². The molecule has 0 fully saturated rings. The number of benzene rings is 1. The number of rotatable bonds is 3. The SMILES string of the molecule is CC(CN)c1noc(-c2ccc(Br)c(Cl)c2)n1. The zero-order chi connectivity index (χ0) is 12.4. The third kappa shape index (κ3) is 2.68. The van der Waals surface area contributed by atoms with Gasteiger partial charge in [-0.15, -0.1) is 0 Å². The molecule has 0 aliphatic rings. The van der Waals surface area contributed by atoms with Crippen molar-refractivity contribution in [3.8, 4) is 11.5 Å². The van der Waals surface area contributed by atoms with Gasteiger partial charge < -0.3 is 10.3 Å². The number of aromatic nitrogens is 2. The van der Waals surface area contributed by atoms with E-state index in [0.29, 0.717) is 23.3 Å². The van der Waals surface area contributed by atoms with E-state index in [2.05, 4.69) is 26.1 Å². The molecule has 2 aromatic rings. The average Bonchev–Trinajstić information content (AvgIpc) is 2.81. The molecule has 1 aromatic heterocycles. The Hall–Kier alpha value is -0.910. The van der Waals surface area contributed by atoms with Crippen LogP contribution in [0.15, 0.2) is 27.2 Å². The van der Waals surface area contributed by atoms with Gasteiger partial charge in [0.05, 0.1) is 5.02 Å². The molecule has 0 spiro atoms. The molecule has 2 rings (SSSR count). The number of hydrogen-bond acceptors (Lipinski definition) is 4. The fourth-order valence-electron chi connectivity index (χ4n) is 1.29. The Balaban J connectivity index is 2.33. The second-order valence-electron chi connectivity index (χ2n) is 3.72. The first-order valence-corrected chi connectivity index (χ1v) is 6.28. The Bertz CT molecular complexity index is 529. The van der Waals surface area contributed by atoms with Crippen LogP contribution in [-0.2, 0) is 0 Å². The summed E-state index contributed by atoms with van der Waals surface area (Å²) in [4.78, 5) is 4.29. The minimum atomic E-state index is 0.0819. The lowest BCUT2D eigenvalue weighted by Crippen LogP contribution is -2.10. The summed E-state index contributed by atoms with van der Waals surface area (Å²) in [6.07, 6.45) is 0. The molecule has 1 unspecified atom stereocenters. The molecule has 4 nitrogen and oxygen atoms in total. The van der Waals surface area contributed by atoms with E-state index in [4.69, 9.17) is 21.9 Å². The summed E-state index contributed by atoms with van der Waals surface area (Å²) in [7, 11) is 0. The van der Waals surface area contributed by atoms with Crippen LogP contribution >= 0.6 is 27.5 Å². The normalized spacial score (nSPS) is 12.7. The van der Waals surface area contributed by atoms with Gasteiger partial charge >= 0.3 is 0 Å². The van der Waals surface area contributed by atoms with Gasteiger partial charge in [-0.05, 0) is 34.1 Å². The Kier molecular flexibility index (Phi) is 3.81. The average molecular weight is 317 g/mol. The van der Waals surface area contributed by atoms with Gasteiger partial charge in [-0.25, -0.2) is 0 Å². The highest BCUT2D eigenvalue weighted by molar-refractivity contribution is 9.10. The van der Waals surface area contributed by atoms with Crippen LogP contribution in [0.2, 0.25) is 5.02 Å². The van der Waals surface area contributed by atoms with Gasteiger partial charge in [0, 0.05) is 22.5 Å². The summed E-state index contributed by atoms with van der Waals surface area (Å²) < 4.78 is 6.01. The highest BCUT2D eigenvalue weighted by Gasteiger charge is 2.14. The van der Waals surface area contributed by atoms with Crippen molar-refractivity contribution >= 4 is 27.5 Å². The maximum Gasteiger partial charge on any atom is 0.257 e. The van der Waals surface area contributed by atoms with E-state index in [1.165, 1.54) is 0 Å². The number of hydrogen-bond donors (Lipinski definition) is 1. The maximum atomic E-state index is 6.00. The molecular formula is C11H11BrClN3O. The van der Waals surface area contributed by atoms with Crippen LogP contribution in [0.1, 0.15) is 18.7 Å². The van der Waals surface area contributed by atoms with Crippen LogP contribution in [0.5, 0.6) is 0 Å². The van der Waals surface area contributed by atoms with Crippen molar-refractivity contribution in [1.82, 2.24) is 10.1 Å². The van der Waals surface area contributed by atoms with Crippen molar-refractivity contribution in [3.63, 3.8) is 0 Å². The molecule has 6 heteroatoms. The Morgan fingerprint density at radius 2 is 2.29 bits per heavy atom. The Morgan fingerprint density at radius 3 is 2.94 bits per heavy atom. The third-order valence-corrected chi connectivity index (χ3v) is 3.64. The number of nitrogens with zero attached hydrogens (tertiary/aromatic N) is 2. The smallest absolute Gasteiger partial charge is 0.257 e. The van der Waals surface area contributed by atoms with Crippen LogP contribution in [0.3, 0.4) is 0 Å². The van der Waals surface area contributed by atoms with Gasteiger partial charge in [-0.2, -0.15) is 4.98 Å². The first-order chi connectivity index (χ1) is 8.11. The Morgan fingerprint density at radius 1 is 1.53 bits per heavy atom. The van der Waals surface area contributed by atoms with Crippen LogP contribution < -0.4 is 5.73 Å². The minimum absolute atomic E-state index is 0.0819. The van der Waals surface area contributed by atoms with Crippen molar-refractivity contribution in [2.75, 3.05) is 6.54 Å². The molecule has 0 saturated carbocycles. The van der Waals surface area contributed by atoms with E-state index in [1.807, 2.05) is 19.1 Å². The fraction of sp³-hybridized carbons (Fsp3) is 0.273. The van der Waals surface area contributed by atoms with Crippen molar-refractivity contribution in [3.05, 3.63) is 33.5 Å². The molecule has 0 radical (unpaired) electrons. The lowest BCUT2D eigenvalue weighted by Gasteiger charge is -1.99. The van der Waals surface area contributed by atoms with Gasteiger partial charge in [0.25, 0.3) is 5.89 Å². The largest absolute Gasteiger partial charge is 0.334 e. The molecule has 0 bridgehead atoms. The van der Waals surface area contributed by atoms with Crippen LogP contribution in [0.4, 0.5) is 0 Å². The van der Waals surface area contributed by atoms with Crippen LogP contribution in [0, 0.1) is 0 Å². The Labute approximate surface area is 112 Å². The van der Waals surface area contributed by atoms with Crippen molar-refractivity contribution < 1.29 is 4.52 Å². The van der Waals surface area contributed by atoms with Crippen LogP contribution in [0.25, 0.3) is 11.5 Å². The molecule has 17 heavy (non-hydrogen) atoms. The van der Waals surface area contributed by atoms with E-state index in [0.717, 1.165) is 10.0 Å². The molecule has 90 valence electrons. The predicted octanol–water partition coefficient (Wildman–Crippen LogP) is 3.21. The van der Waals surface area contributed by atoms with Crippen LogP contribution in [-0.4, -0.2) is 16.7 Å². The minimum Gasteiger partial charge on any atom is -0.334 e. The second-order valence-corrected chi connectivity index (χ2v) is 4.98. The quantitative estimate of drug-likeness (QED) is 0.944. The standard InChI is InChI=1S/C11H11BrClN3O/c1-6(5-14)10-15-11(17-16-10)7-2-3-8(12)9(13)4-7/h2-4,6H,5,14H2,1H3. The van der Waals surface area contributed by atoms with E-state index in [-0.39, 0.29) is 5.92 Å². The number of halogens is 2. The fourth-order valence-corrected chi connectivity index (χ4v) is 1.71. The summed E-state index contributed by atoms with van der Waals surface area (Å²) in [5.41, 5.74) is 6.34. The molecule has 1 heterocycles. The molecule has 0 aliphatic carbocycles. The van der Waals surface area contributed by atoms with Crippen molar-refractivity contribution in [2.24, 2.45) is 5.73 Å². The lowest BCUT2D eigenvalue weighted by molar-refractivity contribution is 0.418. The number of nitrogens with two attached hydrogens (primary N) is 1. The second kappa shape index (κ2) is 5.16. The molecule has 1 atom stereocenters. The molecule has 0 amide bonds. The zero-order valence-corrected chi connectivity index (χ0v) is 11.5. The summed E-state index contributed by atoms with van der Waals surface area (Å²) in [5, 5.41) is 4.50. The van der Waals surface area contributed by atoms with E-state index in [1.54, 1.807) is 6.07 Å². The highest BCUT2D eigenvalue weighted by Crippen LogP contribution is 2.28. The van der Waals surface area contributed by atoms with Gasteiger partial charge in [0.15, 0.2) is 5.82 Å². The summed E-state index contributed by atoms with van der Waals surface area (Å²) >= 11 is 9.33. The van der Waals surface area contributed by atoms with Crippen molar-refractivity contribution in [2.45, 2.75) is 12.8 Å². The topological polar surface area (TPSA) is 64.9 Å². The first-order valence-electron chi connectivity index (χ1n) is 5.11. The molecule has 0 aliphatic heterocycles. The molecular weight excluding hydrogens is 305 g/mol.